The number of aryl methyl sites for hydroxylation is 1. The molecule has 3 rings (SSSR count). The van der Waals surface area contributed by atoms with Gasteiger partial charge in [-0.15, -0.1) is 0 Å². The molecule has 4 N–H and O–H groups in total. The zero-order valence-corrected chi connectivity index (χ0v) is 16.8. The van der Waals surface area contributed by atoms with Crippen LogP contribution in [0.3, 0.4) is 0 Å². The highest BCUT2D eigenvalue weighted by Crippen LogP contribution is 2.25. The fraction of sp³-hybridized carbons (Fsp3) is 0.316. The molecule has 0 atom stereocenters. The average molecular weight is 415 g/mol. The van der Waals surface area contributed by atoms with Gasteiger partial charge in [-0.05, 0) is 51.0 Å². The van der Waals surface area contributed by atoms with E-state index in [1.54, 1.807) is 26.0 Å². The first-order chi connectivity index (χ1) is 13.9. The van der Waals surface area contributed by atoms with Crippen molar-refractivity contribution in [2.45, 2.75) is 32.7 Å². The van der Waals surface area contributed by atoms with Crippen molar-refractivity contribution in [2.75, 3.05) is 6.61 Å². The van der Waals surface area contributed by atoms with Crippen molar-refractivity contribution in [2.24, 2.45) is 10.7 Å². The van der Waals surface area contributed by atoms with Crippen LogP contribution in [0.5, 0.6) is 0 Å². The van der Waals surface area contributed by atoms with E-state index in [9.17, 15) is 14.4 Å². The summed E-state index contributed by atoms with van der Waals surface area (Å²) < 4.78 is 4.95. The van der Waals surface area contributed by atoms with Gasteiger partial charge in [0.25, 0.3) is 11.8 Å². The molecule has 1 aromatic heterocycles. The number of nitrogens with one attached hydrogen (secondary N) is 2. The largest absolute Gasteiger partial charge is 0.462 e. The molecule has 0 bridgehead atoms. The lowest BCUT2D eigenvalue weighted by Crippen LogP contribution is -2.36. The van der Waals surface area contributed by atoms with Crippen LogP contribution in [-0.4, -0.2) is 41.4 Å². The molecule has 1 aliphatic carbocycles. The van der Waals surface area contributed by atoms with Crippen LogP contribution in [0.1, 0.15) is 55.8 Å². The summed E-state index contributed by atoms with van der Waals surface area (Å²) in [7, 11) is 0. The number of hydrogen-bond donors (Lipinski definition) is 3. The topological polar surface area (TPSA) is 136 Å². The van der Waals surface area contributed by atoms with E-state index in [4.69, 9.17) is 10.5 Å². The molecule has 0 spiro atoms. The molecule has 0 saturated heterocycles. The second-order valence-electron chi connectivity index (χ2n) is 6.41. The smallest absolute Gasteiger partial charge is 0.350 e. The molecule has 29 heavy (non-hydrogen) atoms. The highest BCUT2D eigenvalue weighted by molar-refractivity contribution is 7.17. The van der Waals surface area contributed by atoms with Crippen LogP contribution in [0.15, 0.2) is 29.3 Å². The summed E-state index contributed by atoms with van der Waals surface area (Å²) in [6.07, 6.45) is 2.01. The molecular formula is C19H21N5O4S. The molecule has 1 saturated carbocycles. The second-order valence-corrected chi connectivity index (χ2v) is 7.39. The van der Waals surface area contributed by atoms with Crippen molar-refractivity contribution in [1.29, 1.82) is 0 Å². The fourth-order valence-electron chi connectivity index (χ4n) is 2.40. The minimum absolute atomic E-state index is 0.155. The summed E-state index contributed by atoms with van der Waals surface area (Å²) in [5.41, 5.74) is 7.07. The lowest BCUT2D eigenvalue weighted by Gasteiger charge is -2.06. The number of hydrogen-bond acceptors (Lipinski definition) is 7. The number of esters is 1. The van der Waals surface area contributed by atoms with Crippen LogP contribution in [0.25, 0.3) is 0 Å². The molecule has 0 aliphatic heterocycles. The zero-order chi connectivity index (χ0) is 21.0. The predicted molar refractivity (Wildman–Crippen MR) is 108 cm³/mol. The summed E-state index contributed by atoms with van der Waals surface area (Å²) >= 11 is 1.02. The normalized spacial score (nSPS) is 13.7. The van der Waals surface area contributed by atoms with Gasteiger partial charge < -0.3 is 15.8 Å². The van der Waals surface area contributed by atoms with E-state index in [1.165, 1.54) is 12.1 Å². The van der Waals surface area contributed by atoms with Gasteiger partial charge in [-0.25, -0.2) is 9.78 Å². The monoisotopic (exact) mass is 415 g/mol. The molecule has 0 unspecified atom stereocenters. The van der Waals surface area contributed by atoms with Crippen LogP contribution >= 0.6 is 11.3 Å². The summed E-state index contributed by atoms with van der Waals surface area (Å²) in [5.74, 6) is -1.26. The summed E-state index contributed by atoms with van der Waals surface area (Å²) in [6.45, 7) is 3.64. The molecule has 152 valence electrons. The number of benzene rings is 1. The van der Waals surface area contributed by atoms with E-state index in [0.717, 1.165) is 24.2 Å². The van der Waals surface area contributed by atoms with Crippen LogP contribution in [0.2, 0.25) is 0 Å². The van der Waals surface area contributed by atoms with Gasteiger partial charge in [0.1, 0.15) is 4.88 Å². The molecule has 9 nitrogen and oxygen atoms in total. The average Bonchev–Trinajstić information content (AvgIpc) is 3.42. The Morgan fingerprint density at radius 1 is 1.21 bits per heavy atom. The van der Waals surface area contributed by atoms with Crippen LogP contribution in [-0.2, 0) is 4.74 Å². The maximum atomic E-state index is 12.3. The van der Waals surface area contributed by atoms with E-state index in [1.807, 2.05) is 0 Å². The van der Waals surface area contributed by atoms with Crippen molar-refractivity contribution >= 4 is 40.2 Å². The molecule has 1 aromatic carbocycles. The summed E-state index contributed by atoms with van der Waals surface area (Å²) in [5, 5.41) is 5.57. The van der Waals surface area contributed by atoms with Gasteiger partial charge in [0, 0.05) is 17.2 Å². The number of ether oxygens (including phenoxy) is 1. The minimum Gasteiger partial charge on any atom is -0.462 e. The Bertz CT molecular complexity index is 963. The number of rotatable bonds is 6. The van der Waals surface area contributed by atoms with Gasteiger partial charge in [-0.1, -0.05) is 11.3 Å². The Labute approximate surface area is 171 Å². The number of guanidine groups is 1. The van der Waals surface area contributed by atoms with Gasteiger partial charge in [0.15, 0.2) is 0 Å². The number of nitrogens with zero attached hydrogens (tertiary/aromatic N) is 2. The lowest BCUT2D eigenvalue weighted by molar-refractivity contribution is 0.0530. The van der Waals surface area contributed by atoms with Crippen molar-refractivity contribution < 1.29 is 19.1 Å². The number of carbonyl (C=O) groups excluding carboxylic acids is 3. The number of aliphatic imine (C=N–C) groups is 1. The van der Waals surface area contributed by atoms with Crippen molar-refractivity contribution in [3.05, 3.63) is 46.0 Å². The molecule has 2 aromatic rings. The van der Waals surface area contributed by atoms with Gasteiger partial charge in [0.2, 0.25) is 11.1 Å². The second kappa shape index (κ2) is 8.82. The van der Waals surface area contributed by atoms with Crippen LogP contribution in [0.4, 0.5) is 5.13 Å². The first-order valence-corrected chi connectivity index (χ1v) is 9.90. The van der Waals surface area contributed by atoms with Gasteiger partial charge in [-0.2, -0.15) is 4.99 Å². The SMILES string of the molecule is CCOC(=O)c1sc(N=C(N)NC(=O)c2ccc(C(=O)NC3CC3)cc2)nc1C. The molecule has 0 radical (unpaired) electrons. The molecule has 1 fully saturated rings. The molecular weight excluding hydrogens is 394 g/mol. The number of nitrogens with two attached hydrogens (primary N) is 1. The van der Waals surface area contributed by atoms with Crippen molar-refractivity contribution in [3.63, 3.8) is 0 Å². The third kappa shape index (κ3) is 5.38. The Kier molecular flexibility index (Phi) is 6.23. The zero-order valence-electron chi connectivity index (χ0n) is 16.0. The third-order valence-corrected chi connectivity index (χ3v) is 5.06. The number of thiazole rings is 1. The standard InChI is InChI=1S/C19H21N5O4S/c1-3-28-17(27)14-10(2)21-19(29-14)24-18(20)23-16(26)12-6-4-11(5-7-12)15(25)22-13-8-9-13/h4-7,13H,3,8-9H2,1-2H3,(H,22,25)(H3,20,21,23,24,26). The van der Waals surface area contributed by atoms with Crippen molar-refractivity contribution in [3.8, 4) is 0 Å². The molecule has 2 amide bonds. The van der Waals surface area contributed by atoms with Crippen LogP contribution in [0, 0.1) is 6.92 Å². The van der Waals surface area contributed by atoms with Gasteiger partial charge in [-0.3, -0.25) is 14.9 Å². The Hall–Kier alpha value is -3.27. The minimum atomic E-state index is -0.475. The Morgan fingerprint density at radius 3 is 2.41 bits per heavy atom. The molecule has 10 heteroatoms. The van der Waals surface area contributed by atoms with E-state index in [-0.39, 0.29) is 29.6 Å². The summed E-state index contributed by atoms with van der Waals surface area (Å²) in [6, 6.07) is 6.50. The fourth-order valence-corrected chi connectivity index (χ4v) is 3.25. The van der Waals surface area contributed by atoms with Crippen molar-refractivity contribution in [1.82, 2.24) is 15.6 Å². The quantitative estimate of drug-likeness (QED) is 0.374. The highest BCUT2D eigenvalue weighted by Gasteiger charge is 2.23. The first-order valence-electron chi connectivity index (χ1n) is 9.08. The Morgan fingerprint density at radius 2 is 1.83 bits per heavy atom. The predicted octanol–water partition coefficient (Wildman–Crippen LogP) is 1.90. The van der Waals surface area contributed by atoms with E-state index < -0.39 is 11.9 Å². The van der Waals surface area contributed by atoms with E-state index in [0.29, 0.717) is 21.7 Å². The third-order valence-electron chi connectivity index (χ3n) is 4.03. The number of aromatic nitrogens is 1. The van der Waals surface area contributed by atoms with Gasteiger partial charge in [0.05, 0.1) is 12.3 Å². The number of amides is 2. The van der Waals surface area contributed by atoms with E-state index in [2.05, 4.69) is 20.6 Å². The maximum Gasteiger partial charge on any atom is 0.350 e. The first kappa shape index (κ1) is 20.5. The van der Waals surface area contributed by atoms with Crippen LogP contribution < -0.4 is 16.4 Å². The molecule has 1 heterocycles. The Balaban J connectivity index is 1.63. The van der Waals surface area contributed by atoms with E-state index >= 15 is 0 Å². The lowest BCUT2D eigenvalue weighted by atomic mass is 10.1. The van der Waals surface area contributed by atoms with Gasteiger partial charge >= 0.3 is 5.97 Å². The number of carbonyl (C=O) groups is 3. The highest BCUT2D eigenvalue weighted by atomic mass is 32.1. The molecule has 1 aliphatic rings. The summed E-state index contributed by atoms with van der Waals surface area (Å²) in [4.78, 5) is 44.7. The maximum absolute atomic E-state index is 12.3.